The Bertz CT molecular complexity index is 676. The van der Waals surface area contributed by atoms with Crippen LogP contribution in [-0.4, -0.2) is 29.2 Å². The fourth-order valence-corrected chi connectivity index (χ4v) is 3.13. The van der Waals surface area contributed by atoms with E-state index < -0.39 is 6.09 Å². The van der Waals surface area contributed by atoms with Gasteiger partial charge in [-0.2, -0.15) is 0 Å². The molecule has 0 unspecified atom stereocenters. The fraction of sp³-hybridized carbons (Fsp3) is 0.316. The van der Waals surface area contributed by atoms with Gasteiger partial charge in [0.05, 0.1) is 0 Å². The van der Waals surface area contributed by atoms with E-state index in [0.717, 1.165) is 29.9 Å². The van der Waals surface area contributed by atoms with E-state index in [-0.39, 0.29) is 5.41 Å². The van der Waals surface area contributed by atoms with E-state index in [1.807, 2.05) is 48.5 Å². The summed E-state index contributed by atoms with van der Waals surface area (Å²) in [5.41, 5.74) is 1.08. The zero-order valence-electron chi connectivity index (χ0n) is 13.2. The van der Waals surface area contributed by atoms with Crippen molar-refractivity contribution >= 4 is 6.09 Å². The Morgan fingerprint density at radius 2 is 1.65 bits per heavy atom. The average molecular weight is 311 g/mol. The van der Waals surface area contributed by atoms with Gasteiger partial charge in [0.25, 0.3) is 0 Å². The quantitative estimate of drug-likeness (QED) is 0.907. The normalized spacial score (nSPS) is 16.8. The third kappa shape index (κ3) is 3.31. The third-order valence-electron chi connectivity index (χ3n) is 4.65. The summed E-state index contributed by atoms with van der Waals surface area (Å²) < 4.78 is 6.07. The molecule has 23 heavy (non-hydrogen) atoms. The zero-order chi connectivity index (χ0) is 16.3. The highest BCUT2D eigenvalue weighted by molar-refractivity contribution is 5.65. The van der Waals surface area contributed by atoms with Crippen LogP contribution in [0.3, 0.4) is 0 Å². The molecule has 1 amide bonds. The van der Waals surface area contributed by atoms with Crippen molar-refractivity contribution in [2.24, 2.45) is 0 Å². The van der Waals surface area contributed by atoms with Crippen molar-refractivity contribution in [2.45, 2.75) is 25.2 Å². The van der Waals surface area contributed by atoms with E-state index in [2.05, 4.69) is 13.0 Å². The molecule has 3 rings (SSSR count). The molecule has 1 aliphatic heterocycles. The molecule has 4 heteroatoms. The molecular formula is C19H21NO3. The van der Waals surface area contributed by atoms with Crippen LogP contribution in [0.4, 0.5) is 4.79 Å². The lowest BCUT2D eigenvalue weighted by atomic mass is 9.74. The number of hydrogen-bond donors (Lipinski definition) is 1. The predicted octanol–water partition coefficient (Wildman–Crippen LogP) is 4.51. The van der Waals surface area contributed by atoms with Gasteiger partial charge >= 0.3 is 6.09 Å². The van der Waals surface area contributed by atoms with E-state index in [4.69, 9.17) is 9.84 Å². The van der Waals surface area contributed by atoms with Gasteiger partial charge in [-0.15, -0.1) is 0 Å². The van der Waals surface area contributed by atoms with Gasteiger partial charge in [0.2, 0.25) is 0 Å². The molecule has 1 N–H and O–H groups in total. The zero-order valence-corrected chi connectivity index (χ0v) is 13.2. The number of benzene rings is 2. The molecule has 0 saturated carbocycles. The van der Waals surface area contributed by atoms with Crippen molar-refractivity contribution in [3.05, 3.63) is 60.2 Å². The lowest BCUT2D eigenvalue weighted by molar-refractivity contribution is 0.119. The largest absolute Gasteiger partial charge is 0.465 e. The first kappa shape index (κ1) is 15.4. The molecule has 1 fully saturated rings. The summed E-state index contributed by atoms with van der Waals surface area (Å²) in [6.45, 7) is 3.32. The van der Waals surface area contributed by atoms with Gasteiger partial charge in [0, 0.05) is 18.7 Å². The maximum Gasteiger partial charge on any atom is 0.407 e. The SMILES string of the molecule is CC1(c2ccccc2Oc2ccccc2)CCN(C(=O)O)CC1. The summed E-state index contributed by atoms with van der Waals surface area (Å²) in [5.74, 6) is 1.66. The fourth-order valence-electron chi connectivity index (χ4n) is 3.13. The number of para-hydroxylation sites is 2. The molecule has 1 aliphatic rings. The van der Waals surface area contributed by atoms with Crippen molar-refractivity contribution in [1.29, 1.82) is 0 Å². The number of carbonyl (C=O) groups is 1. The lowest BCUT2D eigenvalue weighted by Crippen LogP contribution is -2.43. The van der Waals surface area contributed by atoms with Gasteiger partial charge in [0.15, 0.2) is 0 Å². The second-order valence-corrected chi connectivity index (χ2v) is 6.24. The Labute approximate surface area is 136 Å². The van der Waals surface area contributed by atoms with Crippen LogP contribution in [0.25, 0.3) is 0 Å². The summed E-state index contributed by atoms with van der Waals surface area (Å²) in [6, 6.07) is 17.8. The highest BCUT2D eigenvalue weighted by Crippen LogP contribution is 2.41. The monoisotopic (exact) mass is 311 g/mol. The van der Waals surface area contributed by atoms with Crippen molar-refractivity contribution in [3.63, 3.8) is 0 Å². The van der Waals surface area contributed by atoms with Crippen LogP contribution < -0.4 is 4.74 Å². The van der Waals surface area contributed by atoms with Crippen molar-refractivity contribution in [2.75, 3.05) is 13.1 Å². The second kappa shape index (κ2) is 6.32. The Morgan fingerprint density at radius 1 is 1.04 bits per heavy atom. The van der Waals surface area contributed by atoms with Gasteiger partial charge < -0.3 is 14.7 Å². The molecule has 0 aromatic heterocycles. The third-order valence-corrected chi connectivity index (χ3v) is 4.65. The van der Waals surface area contributed by atoms with E-state index in [0.29, 0.717) is 13.1 Å². The van der Waals surface area contributed by atoms with E-state index in [1.165, 1.54) is 4.90 Å². The first-order chi connectivity index (χ1) is 11.1. The van der Waals surface area contributed by atoms with Crippen LogP contribution in [0.1, 0.15) is 25.3 Å². The predicted molar refractivity (Wildman–Crippen MR) is 89.1 cm³/mol. The number of likely N-dealkylation sites (tertiary alicyclic amines) is 1. The molecule has 120 valence electrons. The van der Waals surface area contributed by atoms with Gasteiger partial charge in [-0.3, -0.25) is 0 Å². The maximum absolute atomic E-state index is 11.1. The molecule has 1 heterocycles. The van der Waals surface area contributed by atoms with Crippen LogP contribution in [-0.2, 0) is 5.41 Å². The minimum absolute atomic E-state index is 0.0721. The number of rotatable bonds is 3. The minimum atomic E-state index is -0.833. The molecule has 4 nitrogen and oxygen atoms in total. The summed E-state index contributed by atoms with van der Waals surface area (Å²) in [6.07, 6.45) is 0.768. The first-order valence-electron chi connectivity index (χ1n) is 7.89. The van der Waals surface area contributed by atoms with Crippen molar-refractivity contribution in [3.8, 4) is 11.5 Å². The van der Waals surface area contributed by atoms with Gasteiger partial charge in [-0.1, -0.05) is 43.3 Å². The number of amides is 1. The van der Waals surface area contributed by atoms with Crippen LogP contribution >= 0.6 is 0 Å². The van der Waals surface area contributed by atoms with Gasteiger partial charge in [-0.25, -0.2) is 4.79 Å². The Hall–Kier alpha value is -2.49. The lowest BCUT2D eigenvalue weighted by Gasteiger charge is -2.39. The summed E-state index contributed by atoms with van der Waals surface area (Å²) in [7, 11) is 0. The molecule has 0 atom stereocenters. The van der Waals surface area contributed by atoms with Crippen molar-refractivity contribution < 1.29 is 14.6 Å². The second-order valence-electron chi connectivity index (χ2n) is 6.24. The Morgan fingerprint density at radius 3 is 2.30 bits per heavy atom. The van der Waals surface area contributed by atoms with Crippen LogP contribution in [0.5, 0.6) is 11.5 Å². The molecule has 0 radical (unpaired) electrons. The maximum atomic E-state index is 11.1. The molecular weight excluding hydrogens is 290 g/mol. The summed E-state index contributed by atoms with van der Waals surface area (Å²) in [4.78, 5) is 12.6. The number of hydrogen-bond acceptors (Lipinski definition) is 2. The number of nitrogens with zero attached hydrogens (tertiary/aromatic N) is 1. The molecule has 0 aliphatic carbocycles. The van der Waals surface area contributed by atoms with Gasteiger partial charge in [-0.05, 0) is 36.5 Å². The summed E-state index contributed by atoms with van der Waals surface area (Å²) in [5, 5.41) is 9.13. The van der Waals surface area contributed by atoms with Gasteiger partial charge in [0.1, 0.15) is 11.5 Å². The Kier molecular flexibility index (Phi) is 4.24. The highest BCUT2D eigenvalue weighted by Gasteiger charge is 2.35. The molecule has 0 bridgehead atoms. The molecule has 0 spiro atoms. The van der Waals surface area contributed by atoms with Crippen molar-refractivity contribution in [1.82, 2.24) is 4.90 Å². The Balaban J connectivity index is 1.84. The topological polar surface area (TPSA) is 49.8 Å². The number of piperidine rings is 1. The highest BCUT2D eigenvalue weighted by atomic mass is 16.5. The van der Waals surface area contributed by atoms with Crippen LogP contribution in [0, 0.1) is 0 Å². The van der Waals surface area contributed by atoms with Crippen LogP contribution in [0.2, 0.25) is 0 Å². The number of carboxylic acid groups (broad SMARTS) is 1. The standard InChI is InChI=1S/C19H21NO3/c1-19(11-13-20(14-12-19)18(21)22)16-9-5-6-10-17(16)23-15-7-3-2-4-8-15/h2-10H,11-14H2,1H3,(H,21,22). The summed E-state index contributed by atoms with van der Waals surface area (Å²) >= 11 is 0. The van der Waals surface area contributed by atoms with E-state index in [9.17, 15) is 4.79 Å². The smallest absolute Gasteiger partial charge is 0.407 e. The molecule has 2 aromatic rings. The molecule has 1 saturated heterocycles. The van der Waals surface area contributed by atoms with Crippen LogP contribution in [0.15, 0.2) is 54.6 Å². The average Bonchev–Trinajstić information content (AvgIpc) is 2.56. The molecule has 2 aromatic carbocycles. The first-order valence-corrected chi connectivity index (χ1v) is 7.89. The van der Waals surface area contributed by atoms with E-state index in [1.54, 1.807) is 0 Å². The number of ether oxygens (including phenoxy) is 1. The van der Waals surface area contributed by atoms with E-state index >= 15 is 0 Å². The minimum Gasteiger partial charge on any atom is -0.465 e.